The predicted molar refractivity (Wildman–Crippen MR) is 128 cm³/mol. The number of carbonyl (C=O) groups excluding carboxylic acids is 1. The molecule has 180 valence electrons. The van der Waals surface area contributed by atoms with E-state index in [4.69, 9.17) is 4.74 Å². The Morgan fingerprint density at radius 3 is 2.47 bits per heavy atom. The lowest BCUT2D eigenvalue weighted by Gasteiger charge is -2.24. The molecule has 4 rings (SSSR count). The first kappa shape index (κ1) is 24.1. The van der Waals surface area contributed by atoms with Gasteiger partial charge in [-0.2, -0.15) is 0 Å². The van der Waals surface area contributed by atoms with Crippen molar-refractivity contribution in [1.82, 2.24) is 9.55 Å². The van der Waals surface area contributed by atoms with Gasteiger partial charge >= 0.3 is 5.97 Å². The van der Waals surface area contributed by atoms with Gasteiger partial charge in [0.2, 0.25) is 0 Å². The van der Waals surface area contributed by atoms with Gasteiger partial charge in [-0.25, -0.2) is 18.2 Å². The maximum atomic E-state index is 13.6. The number of carbonyl (C=O) groups is 1. The summed E-state index contributed by atoms with van der Waals surface area (Å²) >= 11 is 0. The van der Waals surface area contributed by atoms with E-state index in [2.05, 4.69) is 4.98 Å². The molecule has 3 aromatic rings. The zero-order chi connectivity index (χ0) is 24.6. The number of aromatic nitrogens is 2. The normalized spacial score (nSPS) is 18.4. The summed E-state index contributed by atoms with van der Waals surface area (Å²) in [5.41, 5.74) is 1.99. The summed E-state index contributed by atoms with van der Waals surface area (Å²) in [6.07, 6.45) is 3.48. The largest absolute Gasteiger partial charge is 0.464 e. The van der Waals surface area contributed by atoms with Crippen LogP contribution in [0.3, 0.4) is 0 Å². The molecule has 2 atom stereocenters. The second-order valence-electron chi connectivity index (χ2n) is 8.95. The molecule has 34 heavy (non-hydrogen) atoms. The molecule has 1 aliphatic rings. The van der Waals surface area contributed by atoms with Crippen LogP contribution in [0.4, 0.5) is 0 Å². The number of pyridine rings is 2. The molecule has 0 saturated heterocycles. The minimum Gasteiger partial charge on any atom is -0.464 e. The summed E-state index contributed by atoms with van der Waals surface area (Å²) in [5.74, 6) is -0.515. The third-order valence-corrected chi connectivity index (χ3v) is 7.66. The SMILES string of the molecule is COC(=O)c1c(Cc2ccc(S(C)(=O)=O)cc2)c(=O)c2ccc(C)nc2n1C1CC[C@@H](CO)C1. The Bertz CT molecular complexity index is 1410. The van der Waals surface area contributed by atoms with Crippen molar-refractivity contribution < 1.29 is 23.1 Å². The maximum absolute atomic E-state index is 13.6. The highest BCUT2D eigenvalue weighted by molar-refractivity contribution is 7.90. The average Bonchev–Trinajstić information content (AvgIpc) is 3.28. The first-order chi connectivity index (χ1) is 16.1. The Balaban J connectivity index is 1.95. The van der Waals surface area contributed by atoms with Crippen LogP contribution < -0.4 is 5.43 Å². The molecular weight excluding hydrogens is 456 g/mol. The molecule has 2 aromatic heterocycles. The number of hydrogen-bond donors (Lipinski definition) is 1. The van der Waals surface area contributed by atoms with Crippen molar-refractivity contribution in [2.24, 2.45) is 5.92 Å². The van der Waals surface area contributed by atoms with E-state index in [1.807, 2.05) is 11.5 Å². The third-order valence-electron chi connectivity index (χ3n) is 6.54. The Kier molecular flexibility index (Phi) is 6.60. The first-order valence-corrected chi connectivity index (χ1v) is 13.1. The van der Waals surface area contributed by atoms with Crippen molar-refractivity contribution in [2.75, 3.05) is 20.0 Å². The molecule has 1 fully saturated rings. The van der Waals surface area contributed by atoms with E-state index in [-0.39, 0.29) is 46.6 Å². The minimum atomic E-state index is -3.35. The maximum Gasteiger partial charge on any atom is 0.355 e. The number of nitrogens with zero attached hydrogens (tertiary/aromatic N) is 2. The smallest absolute Gasteiger partial charge is 0.355 e. The third kappa shape index (κ3) is 4.50. The molecule has 8 nitrogen and oxygen atoms in total. The molecule has 1 aromatic carbocycles. The van der Waals surface area contributed by atoms with Crippen LogP contribution in [0.2, 0.25) is 0 Å². The Hall–Kier alpha value is -3.04. The molecular formula is C25H28N2O6S. The molecule has 0 aliphatic heterocycles. The van der Waals surface area contributed by atoms with E-state index in [0.717, 1.165) is 24.8 Å². The minimum absolute atomic E-state index is 0.0637. The van der Waals surface area contributed by atoms with Crippen molar-refractivity contribution in [3.8, 4) is 0 Å². The summed E-state index contributed by atoms with van der Waals surface area (Å²) in [4.78, 5) is 31.5. The second kappa shape index (κ2) is 9.31. The molecule has 0 spiro atoms. The van der Waals surface area contributed by atoms with Crippen molar-refractivity contribution in [3.05, 3.63) is 69.1 Å². The van der Waals surface area contributed by atoms with Gasteiger partial charge in [0, 0.05) is 36.6 Å². The standard InChI is InChI=1S/C25H28N2O6S/c1-15-4-11-20-23(29)21(13-16-6-9-19(10-7-16)34(3,31)32)22(25(30)33-2)27(24(20)26-15)18-8-5-17(12-18)14-28/h4,6-7,9-11,17-18,28H,5,8,12-14H2,1-3H3/t17-,18?/m1/s1. The molecule has 1 unspecified atom stereocenters. The molecule has 2 heterocycles. The van der Waals surface area contributed by atoms with E-state index < -0.39 is 15.8 Å². The first-order valence-electron chi connectivity index (χ1n) is 11.2. The monoisotopic (exact) mass is 484 g/mol. The predicted octanol–water partition coefficient (Wildman–Crippen LogP) is 2.82. The van der Waals surface area contributed by atoms with Gasteiger partial charge in [-0.05, 0) is 61.9 Å². The fourth-order valence-corrected chi connectivity index (χ4v) is 5.40. The zero-order valence-corrected chi connectivity index (χ0v) is 20.3. The van der Waals surface area contributed by atoms with Crippen LogP contribution in [0.1, 0.15) is 52.6 Å². The number of fused-ring (bicyclic) bond motifs is 1. The lowest BCUT2D eigenvalue weighted by atomic mass is 9.99. The van der Waals surface area contributed by atoms with Gasteiger partial charge in [0.1, 0.15) is 11.3 Å². The van der Waals surface area contributed by atoms with Gasteiger partial charge in [-0.1, -0.05) is 12.1 Å². The van der Waals surface area contributed by atoms with Crippen molar-refractivity contribution in [3.63, 3.8) is 0 Å². The number of benzene rings is 1. The van der Waals surface area contributed by atoms with Gasteiger partial charge in [0.05, 0.1) is 17.4 Å². The van der Waals surface area contributed by atoms with Gasteiger partial charge in [0.25, 0.3) is 0 Å². The zero-order valence-electron chi connectivity index (χ0n) is 19.4. The highest BCUT2D eigenvalue weighted by atomic mass is 32.2. The van der Waals surface area contributed by atoms with Gasteiger partial charge in [-0.15, -0.1) is 0 Å². The van der Waals surface area contributed by atoms with E-state index in [9.17, 15) is 23.1 Å². The van der Waals surface area contributed by atoms with E-state index in [1.165, 1.54) is 19.2 Å². The lowest BCUT2D eigenvalue weighted by Crippen LogP contribution is -2.28. The Labute approximate surface area is 198 Å². The van der Waals surface area contributed by atoms with Crippen LogP contribution in [0.15, 0.2) is 46.1 Å². The molecule has 1 N–H and O–H groups in total. The number of aryl methyl sites for hydroxylation is 1. The molecule has 0 bridgehead atoms. The summed E-state index contributed by atoms with van der Waals surface area (Å²) in [5, 5.41) is 10.1. The van der Waals surface area contributed by atoms with Gasteiger partial charge in [0.15, 0.2) is 15.3 Å². The number of hydrogen-bond acceptors (Lipinski definition) is 7. The number of rotatable bonds is 6. The van der Waals surface area contributed by atoms with Gasteiger partial charge < -0.3 is 14.4 Å². The van der Waals surface area contributed by atoms with E-state index in [0.29, 0.717) is 23.0 Å². The van der Waals surface area contributed by atoms with Crippen LogP contribution in [-0.4, -0.2) is 49.0 Å². The van der Waals surface area contributed by atoms with Crippen molar-refractivity contribution in [1.29, 1.82) is 0 Å². The van der Waals surface area contributed by atoms with Crippen molar-refractivity contribution in [2.45, 2.75) is 43.5 Å². The number of sulfone groups is 1. The molecule has 9 heteroatoms. The molecule has 0 amide bonds. The topological polar surface area (TPSA) is 116 Å². The Morgan fingerprint density at radius 1 is 1.18 bits per heavy atom. The fourth-order valence-electron chi connectivity index (χ4n) is 4.77. The van der Waals surface area contributed by atoms with Gasteiger partial charge in [-0.3, -0.25) is 4.79 Å². The highest BCUT2D eigenvalue weighted by Gasteiger charge is 2.32. The molecule has 1 aliphatic carbocycles. The summed E-state index contributed by atoms with van der Waals surface area (Å²) < 4.78 is 30.6. The number of esters is 1. The highest BCUT2D eigenvalue weighted by Crippen LogP contribution is 2.37. The van der Waals surface area contributed by atoms with Crippen LogP contribution in [0.5, 0.6) is 0 Å². The lowest BCUT2D eigenvalue weighted by molar-refractivity contribution is 0.0583. The van der Waals surface area contributed by atoms with Crippen LogP contribution in [-0.2, 0) is 21.0 Å². The number of methoxy groups -OCH3 is 1. The van der Waals surface area contributed by atoms with Crippen LogP contribution in [0, 0.1) is 12.8 Å². The molecule has 0 radical (unpaired) electrons. The summed E-state index contributed by atoms with van der Waals surface area (Å²) in [6, 6.07) is 9.67. The number of ether oxygens (including phenoxy) is 1. The number of aliphatic hydroxyl groups excluding tert-OH is 1. The van der Waals surface area contributed by atoms with Crippen LogP contribution >= 0.6 is 0 Å². The second-order valence-corrected chi connectivity index (χ2v) is 11.0. The fraction of sp³-hybridized carbons (Fsp3) is 0.400. The molecule has 1 saturated carbocycles. The van der Waals surface area contributed by atoms with E-state index in [1.54, 1.807) is 24.3 Å². The summed E-state index contributed by atoms with van der Waals surface area (Å²) in [6.45, 7) is 1.89. The number of aliphatic hydroxyl groups is 1. The van der Waals surface area contributed by atoms with Crippen molar-refractivity contribution >= 4 is 26.8 Å². The van der Waals surface area contributed by atoms with Crippen LogP contribution in [0.25, 0.3) is 11.0 Å². The quantitative estimate of drug-likeness (QED) is 0.535. The summed E-state index contributed by atoms with van der Waals surface area (Å²) in [7, 11) is -2.07. The average molecular weight is 485 g/mol. The Morgan fingerprint density at radius 2 is 1.88 bits per heavy atom. The van der Waals surface area contributed by atoms with E-state index >= 15 is 0 Å².